The van der Waals surface area contributed by atoms with Crippen LogP contribution in [0, 0.1) is 0 Å². The third kappa shape index (κ3) is 3.92. The van der Waals surface area contributed by atoms with Crippen LogP contribution in [0.3, 0.4) is 0 Å². The standard InChI is InChI=1S/C13H13BrN2O2/c14-10-3-5-11(6-4-10)15-9-13(17)16-8-12-2-1-7-18-12/h1-7,15H,8-9H2,(H,16,17). The van der Waals surface area contributed by atoms with E-state index in [1.807, 2.05) is 30.3 Å². The Morgan fingerprint density at radius 1 is 1.22 bits per heavy atom. The molecule has 4 nitrogen and oxygen atoms in total. The zero-order valence-corrected chi connectivity index (χ0v) is 11.2. The zero-order valence-electron chi connectivity index (χ0n) is 9.65. The van der Waals surface area contributed by atoms with Crippen molar-refractivity contribution in [2.45, 2.75) is 6.54 Å². The van der Waals surface area contributed by atoms with Gasteiger partial charge in [0.2, 0.25) is 5.91 Å². The lowest BCUT2D eigenvalue weighted by Gasteiger charge is -2.06. The first kappa shape index (κ1) is 12.7. The van der Waals surface area contributed by atoms with Crippen LogP contribution in [0.2, 0.25) is 0 Å². The molecule has 1 aromatic heterocycles. The van der Waals surface area contributed by atoms with Gasteiger partial charge in [-0.1, -0.05) is 15.9 Å². The number of benzene rings is 1. The summed E-state index contributed by atoms with van der Waals surface area (Å²) in [5, 5.41) is 5.80. The molecule has 2 N–H and O–H groups in total. The van der Waals surface area contributed by atoms with Gasteiger partial charge in [0, 0.05) is 10.2 Å². The summed E-state index contributed by atoms with van der Waals surface area (Å²) in [5.74, 6) is 0.668. The van der Waals surface area contributed by atoms with Crippen LogP contribution in [0.25, 0.3) is 0 Å². The van der Waals surface area contributed by atoms with Crippen LogP contribution >= 0.6 is 15.9 Å². The molecule has 2 aromatic rings. The topological polar surface area (TPSA) is 54.3 Å². The number of furan rings is 1. The van der Waals surface area contributed by atoms with Gasteiger partial charge in [-0.25, -0.2) is 0 Å². The number of hydrogen-bond donors (Lipinski definition) is 2. The first-order chi connectivity index (χ1) is 8.74. The Kier molecular flexibility index (Phi) is 4.41. The first-order valence-electron chi connectivity index (χ1n) is 5.52. The van der Waals surface area contributed by atoms with E-state index in [-0.39, 0.29) is 12.5 Å². The fourth-order valence-electron chi connectivity index (χ4n) is 1.41. The molecule has 0 bridgehead atoms. The van der Waals surface area contributed by atoms with Crippen LogP contribution in [0.5, 0.6) is 0 Å². The van der Waals surface area contributed by atoms with Crippen molar-refractivity contribution in [3.8, 4) is 0 Å². The molecule has 5 heteroatoms. The van der Waals surface area contributed by atoms with E-state index in [0.29, 0.717) is 6.54 Å². The molecule has 18 heavy (non-hydrogen) atoms. The second-order valence-corrected chi connectivity index (χ2v) is 4.63. The molecule has 2 rings (SSSR count). The molecule has 1 amide bonds. The normalized spacial score (nSPS) is 10.1. The largest absolute Gasteiger partial charge is 0.467 e. The van der Waals surface area contributed by atoms with Crippen molar-refractivity contribution in [2.75, 3.05) is 11.9 Å². The summed E-state index contributed by atoms with van der Waals surface area (Å²) in [6.45, 7) is 0.649. The van der Waals surface area contributed by atoms with Gasteiger partial charge in [0.15, 0.2) is 0 Å². The molecule has 0 radical (unpaired) electrons. The molecule has 0 aliphatic carbocycles. The lowest BCUT2D eigenvalue weighted by Crippen LogP contribution is -2.29. The predicted molar refractivity (Wildman–Crippen MR) is 73.2 cm³/mol. The molecule has 0 atom stereocenters. The Hall–Kier alpha value is -1.75. The first-order valence-corrected chi connectivity index (χ1v) is 6.32. The van der Waals surface area contributed by atoms with Crippen LogP contribution in [0.15, 0.2) is 51.6 Å². The fraction of sp³-hybridized carbons (Fsp3) is 0.154. The van der Waals surface area contributed by atoms with Gasteiger partial charge < -0.3 is 15.1 Å². The van der Waals surface area contributed by atoms with Crippen molar-refractivity contribution in [2.24, 2.45) is 0 Å². The highest BCUT2D eigenvalue weighted by atomic mass is 79.9. The van der Waals surface area contributed by atoms with Crippen LogP contribution < -0.4 is 10.6 Å². The van der Waals surface area contributed by atoms with Gasteiger partial charge in [-0.3, -0.25) is 4.79 Å². The number of halogens is 1. The highest BCUT2D eigenvalue weighted by Crippen LogP contribution is 2.13. The fourth-order valence-corrected chi connectivity index (χ4v) is 1.68. The molecule has 1 heterocycles. The van der Waals surface area contributed by atoms with E-state index in [2.05, 4.69) is 26.6 Å². The number of nitrogens with one attached hydrogen (secondary N) is 2. The highest BCUT2D eigenvalue weighted by molar-refractivity contribution is 9.10. The maximum Gasteiger partial charge on any atom is 0.239 e. The number of anilines is 1. The minimum absolute atomic E-state index is 0.0747. The number of carbonyl (C=O) groups excluding carboxylic acids is 1. The second kappa shape index (κ2) is 6.26. The number of rotatable bonds is 5. The lowest BCUT2D eigenvalue weighted by molar-refractivity contribution is -0.119. The molecule has 0 unspecified atom stereocenters. The molecule has 0 aliphatic heterocycles. The van der Waals surface area contributed by atoms with Crippen molar-refractivity contribution in [1.82, 2.24) is 5.32 Å². The average Bonchev–Trinajstić information content (AvgIpc) is 2.89. The second-order valence-electron chi connectivity index (χ2n) is 3.72. The summed E-state index contributed by atoms with van der Waals surface area (Å²) in [7, 11) is 0. The predicted octanol–water partition coefficient (Wildman–Crippen LogP) is 2.77. The maximum absolute atomic E-state index is 11.6. The monoisotopic (exact) mass is 308 g/mol. The third-order valence-corrected chi connectivity index (χ3v) is 2.87. The number of carbonyl (C=O) groups is 1. The minimum atomic E-state index is -0.0747. The highest BCUT2D eigenvalue weighted by Gasteiger charge is 2.02. The summed E-state index contributed by atoms with van der Waals surface area (Å²) in [5.41, 5.74) is 0.909. The number of hydrogen-bond acceptors (Lipinski definition) is 3. The molecule has 94 valence electrons. The molecule has 0 spiro atoms. The molecule has 0 saturated heterocycles. The Labute approximate surface area is 114 Å². The molecule has 0 saturated carbocycles. The molecule has 0 aliphatic rings. The van der Waals surface area contributed by atoms with Gasteiger partial charge in [0.25, 0.3) is 0 Å². The van der Waals surface area contributed by atoms with Crippen molar-refractivity contribution >= 4 is 27.5 Å². The maximum atomic E-state index is 11.6. The van der Waals surface area contributed by atoms with E-state index in [1.165, 1.54) is 0 Å². The average molecular weight is 309 g/mol. The van der Waals surface area contributed by atoms with E-state index >= 15 is 0 Å². The van der Waals surface area contributed by atoms with Gasteiger partial charge in [0.05, 0.1) is 19.4 Å². The van der Waals surface area contributed by atoms with Gasteiger partial charge in [-0.2, -0.15) is 0 Å². The summed E-state index contributed by atoms with van der Waals surface area (Å²) in [6.07, 6.45) is 1.58. The zero-order chi connectivity index (χ0) is 12.8. The summed E-state index contributed by atoms with van der Waals surface area (Å²) in [6, 6.07) is 11.3. The van der Waals surface area contributed by atoms with E-state index in [4.69, 9.17) is 4.42 Å². The van der Waals surface area contributed by atoms with Gasteiger partial charge in [-0.05, 0) is 36.4 Å². The van der Waals surface area contributed by atoms with E-state index in [9.17, 15) is 4.79 Å². The smallest absolute Gasteiger partial charge is 0.239 e. The van der Waals surface area contributed by atoms with Crippen molar-refractivity contribution in [1.29, 1.82) is 0 Å². The van der Waals surface area contributed by atoms with Crippen molar-refractivity contribution in [3.63, 3.8) is 0 Å². The number of amides is 1. The van der Waals surface area contributed by atoms with E-state index in [1.54, 1.807) is 12.3 Å². The summed E-state index contributed by atoms with van der Waals surface area (Å²) >= 11 is 3.35. The summed E-state index contributed by atoms with van der Waals surface area (Å²) < 4.78 is 6.13. The van der Waals surface area contributed by atoms with Gasteiger partial charge >= 0.3 is 0 Å². The Morgan fingerprint density at radius 2 is 2.00 bits per heavy atom. The van der Waals surface area contributed by atoms with Crippen molar-refractivity contribution in [3.05, 3.63) is 52.9 Å². The van der Waals surface area contributed by atoms with Crippen molar-refractivity contribution < 1.29 is 9.21 Å². The van der Waals surface area contributed by atoms with Crippen LogP contribution in [0.1, 0.15) is 5.76 Å². The Morgan fingerprint density at radius 3 is 2.67 bits per heavy atom. The minimum Gasteiger partial charge on any atom is -0.467 e. The molecule has 0 fully saturated rings. The molecule has 1 aromatic carbocycles. The quantitative estimate of drug-likeness (QED) is 0.893. The Bertz CT molecular complexity index is 494. The van der Waals surface area contributed by atoms with E-state index in [0.717, 1.165) is 15.9 Å². The van der Waals surface area contributed by atoms with Crippen LogP contribution in [-0.4, -0.2) is 12.5 Å². The van der Waals surface area contributed by atoms with E-state index < -0.39 is 0 Å². The van der Waals surface area contributed by atoms with Crippen LogP contribution in [-0.2, 0) is 11.3 Å². The van der Waals surface area contributed by atoms with Gasteiger partial charge in [-0.15, -0.1) is 0 Å². The molecular weight excluding hydrogens is 296 g/mol. The Balaban J connectivity index is 1.73. The lowest BCUT2D eigenvalue weighted by atomic mass is 10.3. The summed E-state index contributed by atoms with van der Waals surface area (Å²) in [4.78, 5) is 11.6. The van der Waals surface area contributed by atoms with Gasteiger partial charge in [0.1, 0.15) is 5.76 Å². The van der Waals surface area contributed by atoms with Crippen LogP contribution in [0.4, 0.5) is 5.69 Å². The third-order valence-electron chi connectivity index (χ3n) is 2.34. The SMILES string of the molecule is O=C(CNc1ccc(Br)cc1)NCc1ccco1. The molecular formula is C13H13BrN2O2.